The van der Waals surface area contributed by atoms with Gasteiger partial charge in [0, 0.05) is 17.8 Å². The summed E-state index contributed by atoms with van der Waals surface area (Å²) in [7, 11) is 0. The molecule has 0 aromatic heterocycles. The van der Waals surface area contributed by atoms with Gasteiger partial charge in [-0.3, -0.25) is 9.59 Å². The van der Waals surface area contributed by atoms with Crippen molar-refractivity contribution in [3.8, 4) is 0 Å². The third-order valence-corrected chi connectivity index (χ3v) is 4.82. The molecule has 0 fully saturated rings. The highest BCUT2D eigenvalue weighted by atomic mass is 16.2. The van der Waals surface area contributed by atoms with Crippen LogP contribution in [0.4, 0.5) is 5.69 Å². The van der Waals surface area contributed by atoms with Crippen molar-refractivity contribution in [1.82, 2.24) is 10.6 Å². The summed E-state index contributed by atoms with van der Waals surface area (Å²) in [5.41, 5.74) is 3.41. The standard InChI is InChI=1S/C25H27N3O2/c1-2-23(20-12-7-4-8-13-20)28-24(29)18-26-22-15-9-14-21(16-22)25(30)27-17-19-10-5-3-6-11-19/h3-16,23,26H,2,17-18H2,1H3,(H,27,30)(H,28,29). The van der Waals surface area contributed by atoms with Gasteiger partial charge in [0.05, 0.1) is 12.6 Å². The van der Waals surface area contributed by atoms with Crippen molar-refractivity contribution in [1.29, 1.82) is 0 Å². The first-order valence-electron chi connectivity index (χ1n) is 10.2. The predicted octanol–water partition coefficient (Wildman–Crippen LogP) is 4.30. The molecule has 0 radical (unpaired) electrons. The molecule has 0 heterocycles. The molecule has 5 heteroatoms. The molecule has 3 aromatic carbocycles. The van der Waals surface area contributed by atoms with Gasteiger partial charge in [0.25, 0.3) is 5.91 Å². The minimum absolute atomic E-state index is 0.0180. The topological polar surface area (TPSA) is 70.2 Å². The normalized spacial score (nSPS) is 11.4. The molecule has 30 heavy (non-hydrogen) atoms. The summed E-state index contributed by atoms with van der Waals surface area (Å²) in [6.45, 7) is 2.65. The van der Waals surface area contributed by atoms with Crippen LogP contribution in [0.5, 0.6) is 0 Å². The van der Waals surface area contributed by atoms with Gasteiger partial charge >= 0.3 is 0 Å². The molecule has 0 spiro atoms. The number of amides is 2. The number of rotatable bonds is 9. The van der Waals surface area contributed by atoms with Crippen molar-refractivity contribution in [3.05, 3.63) is 102 Å². The summed E-state index contributed by atoms with van der Waals surface area (Å²) in [5, 5.41) is 9.06. The minimum Gasteiger partial charge on any atom is -0.376 e. The van der Waals surface area contributed by atoms with Crippen molar-refractivity contribution in [2.45, 2.75) is 25.9 Å². The fourth-order valence-electron chi connectivity index (χ4n) is 3.18. The molecule has 3 N–H and O–H groups in total. The van der Waals surface area contributed by atoms with Crippen molar-refractivity contribution >= 4 is 17.5 Å². The average Bonchev–Trinajstić information content (AvgIpc) is 2.81. The van der Waals surface area contributed by atoms with Crippen molar-refractivity contribution in [3.63, 3.8) is 0 Å². The second-order valence-electron chi connectivity index (χ2n) is 7.04. The van der Waals surface area contributed by atoms with E-state index in [0.717, 1.165) is 23.2 Å². The molecule has 0 aliphatic heterocycles. The van der Waals surface area contributed by atoms with Crippen LogP contribution in [0.3, 0.4) is 0 Å². The van der Waals surface area contributed by atoms with Crippen LogP contribution in [-0.4, -0.2) is 18.4 Å². The maximum Gasteiger partial charge on any atom is 0.251 e. The van der Waals surface area contributed by atoms with Crippen LogP contribution in [0.15, 0.2) is 84.9 Å². The van der Waals surface area contributed by atoms with Gasteiger partial charge in [-0.2, -0.15) is 0 Å². The van der Waals surface area contributed by atoms with Crippen LogP contribution < -0.4 is 16.0 Å². The maximum atomic E-state index is 12.4. The smallest absolute Gasteiger partial charge is 0.251 e. The number of carbonyl (C=O) groups excluding carboxylic acids is 2. The van der Waals surface area contributed by atoms with Crippen LogP contribution in [0.25, 0.3) is 0 Å². The van der Waals surface area contributed by atoms with Crippen molar-refractivity contribution in [2.24, 2.45) is 0 Å². The number of carbonyl (C=O) groups is 2. The Labute approximate surface area is 177 Å². The van der Waals surface area contributed by atoms with E-state index in [1.807, 2.05) is 73.7 Å². The lowest BCUT2D eigenvalue weighted by Gasteiger charge is -2.18. The van der Waals surface area contributed by atoms with Crippen molar-refractivity contribution in [2.75, 3.05) is 11.9 Å². The summed E-state index contributed by atoms with van der Waals surface area (Å²) in [4.78, 5) is 24.8. The number of anilines is 1. The van der Waals surface area contributed by atoms with E-state index in [1.165, 1.54) is 0 Å². The van der Waals surface area contributed by atoms with E-state index in [0.29, 0.717) is 12.1 Å². The van der Waals surface area contributed by atoms with E-state index in [1.54, 1.807) is 18.2 Å². The molecule has 0 aliphatic carbocycles. The molecule has 0 aliphatic rings. The molecule has 0 saturated heterocycles. The Kier molecular flexibility index (Phi) is 7.61. The van der Waals surface area contributed by atoms with Gasteiger partial charge in [-0.05, 0) is 35.7 Å². The molecule has 3 aromatic rings. The molecule has 0 saturated carbocycles. The van der Waals surface area contributed by atoms with E-state index in [-0.39, 0.29) is 24.4 Å². The number of hydrogen-bond donors (Lipinski definition) is 3. The van der Waals surface area contributed by atoms with Gasteiger partial charge in [-0.1, -0.05) is 73.7 Å². The highest BCUT2D eigenvalue weighted by Gasteiger charge is 2.12. The summed E-state index contributed by atoms with van der Waals surface area (Å²) in [6, 6.07) is 26.8. The molecular weight excluding hydrogens is 374 g/mol. The van der Waals surface area contributed by atoms with Crippen LogP contribution >= 0.6 is 0 Å². The van der Waals surface area contributed by atoms with Gasteiger partial charge in [0.1, 0.15) is 0 Å². The van der Waals surface area contributed by atoms with Gasteiger partial charge in [-0.25, -0.2) is 0 Å². The summed E-state index contributed by atoms with van der Waals surface area (Å²) < 4.78 is 0. The summed E-state index contributed by atoms with van der Waals surface area (Å²) in [5.74, 6) is -0.244. The predicted molar refractivity (Wildman–Crippen MR) is 120 cm³/mol. The zero-order chi connectivity index (χ0) is 21.2. The Balaban J connectivity index is 1.52. The van der Waals surface area contributed by atoms with Crippen LogP contribution in [0.1, 0.15) is 40.9 Å². The molecule has 154 valence electrons. The molecule has 2 amide bonds. The summed E-state index contributed by atoms with van der Waals surface area (Å²) in [6.07, 6.45) is 0.812. The minimum atomic E-state index is -0.151. The monoisotopic (exact) mass is 401 g/mol. The van der Waals surface area contributed by atoms with E-state index >= 15 is 0 Å². The van der Waals surface area contributed by atoms with Gasteiger partial charge < -0.3 is 16.0 Å². The highest BCUT2D eigenvalue weighted by molar-refractivity contribution is 5.95. The highest BCUT2D eigenvalue weighted by Crippen LogP contribution is 2.16. The molecular formula is C25H27N3O2. The van der Waals surface area contributed by atoms with Gasteiger partial charge in [0.15, 0.2) is 0 Å². The number of benzene rings is 3. The van der Waals surface area contributed by atoms with Gasteiger partial charge in [0.2, 0.25) is 5.91 Å². The average molecular weight is 402 g/mol. The lowest BCUT2D eigenvalue weighted by atomic mass is 10.0. The van der Waals surface area contributed by atoms with Crippen LogP contribution in [-0.2, 0) is 11.3 Å². The summed E-state index contributed by atoms with van der Waals surface area (Å²) >= 11 is 0. The molecule has 5 nitrogen and oxygen atoms in total. The third-order valence-electron chi connectivity index (χ3n) is 4.82. The van der Waals surface area contributed by atoms with E-state index in [2.05, 4.69) is 16.0 Å². The molecule has 0 bridgehead atoms. The lowest BCUT2D eigenvalue weighted by Crippen LogP contribution is -2.33. The molecule has 1 unspecified atom stereocenters. The third kappa shape index (κ3) is 6.21. The Hall–Kier alpha value is -3.60. The Morgan fingerprint density at radius 2 is 1.57 bits per heavy atom. The van der Waals surface area contributed by atoms with Crippen molar-refractivity contribution < 1.29 is 9.59 Å². The van der Waals surface area contributed by atoms with Crippen LogP contribution in [0, 0.1) is 0 Å². The SMILES string of the molecule is CCC(NC(=O)CNc1cccc(C(=O)NCc2ccccc2)c1)c1ccccc1. The fraction of sp³-hybridized carbons (Fsp3) is 0.200. The van der Waals surface area contributed by atoms with Crippen LogP contribution in [0.2, 0.25) is 0 Å². The zero-order valence-electron chi connectivity index (χ0n) is 17.1. The van der Waals surface area contributed by atoms with E-state index in [4.69, 9.17) is 0 Å². The Morgan fingerprint density at radius 1 is 0.867 bits per heavy atom. The molecule has 3 rings (SSSR count). The second-order valence-corrected chi connectivity index (χ2v) is 7.04. The Bertz CT molecular complexity index is 958. The first-order valence-corrected chi connectivity index (χ1v) is 10.2. The molecule has 1 atom stereocenters. The van der Waals surface area contributed by atoms with Gasteiger partial charge in [-0.15, -0.1) is 0 Å². The largest absolute Gasteiger partial charge is 0.376 e. The van der Waals surface area contributed by atoms with E-state index in [9.17, 15) is 9.59 Å². The Morgan fingerprint density at radius 3 is 2.27 bits per heavy atom. The number of nitrogens with one attached hydrogen (secondary N) is 3. The van der Waals surface area contributed by atoms with E-state index < -0.39 is 0 Å². The zero-order valence-corrected chi connectivity index (χ0v) is 17.1. The second kappa shape index (κ2) is 10.8. The maximum absolute atomic E-state index is 12.4. The first-order chi connectivity index (χ1) is 14.7. The quantitative estimate of drug-likeness (QED) is 0.501. The number of hydrogen-bond acceptors (Lipinski definition) is 3. The fourth-order valence-corrected chi connectivity index (χ4v) is 3.18. The lowest BCUT2D eigenvalue weighted by molar-refractivity contribution is -0.120. The first kappa shape index (κ1) is 21.1.